The number of fused-ring (bicyclic) bond motifs is 1. The Morgan fingerprint density at radius 2 is 1.93 bits per heavy atom. The Labute approximate surface area is 170 Å². The van der Waals surface area contributed by atoms with E-state index in [-0.39, 0.29) is 24.9 Å². The van der Waals surface area contributed by atoms with Crippen molar-refractivity contribution in [3.63, 3.8) is 0 Å². The van der Waals surface area contributed by atoms with E-state index in [1.54, 1.807) is 13.1 Å². The normalized spacial score (nSPS) is 15.7. The first-order valence-electron chi connectivity index (χ1n) is 9.73. The second-order valence-electron chi connectivity index (χ2n) is 7.45. The lowest BCUT2D eigenvalue weighted by Crippen LogP contribution is -2.50. The summed E-state index contributed by atoms with van der Waals surface area (Å²) in [5.74, 6) is -1.83. The highest BCUT2D eigenvalue weighted by atomic mass is 31.2. The van der Waals surface area contributed by atoms with Gasteiger partial charge in [-0.1, -0.05) is 32.0 Å². The molecular formula is C20H30N3O5P. The second kappa shape index (κ2) is 10.1. The van der Waals surface area contributed by atoms with Gasteiger partial charge in [0.05, 0.1) is 6.61 Å². The molecule has 0 bridgehead atoms. The summed E-state index contributed by atoms with van der Waals surface area (Å²) in [5, 5.41) is 6.18. The van der Waals surface area contributed by atoms with Gasteiger partial charge in [-0.05, 0) is 30.9 Å². The van der Waals surface area contributed by atoms with E-state index in [2.05, 4.69) is 15.6 Å². The number of carbonyl (C=O) groups is 2. The summed E-state index contributed by atoms with van der Waals surface area (Å²) in [4.78, 5) is 37.9. The van der Waals surface area contributed by atoms with E-state index < -0.39 is 25.3 Å². The lowest BCUT2D eigenvalue weighted by molar-refractivity contribution is -0.128. The minimum Gasteiger partial charge on any atom is -0.361 e. The number of rotatable bonds is 10. The molecule has 0 radical (unpaired) electrons. The molecule has 4 N–H and O–H groups in total. The van der Waals surface area contributed by atoms with E-state index in [4.69, 9.17) is 4.52 Å². The second-order valence-corrected chi connectivity index (χ2v) is 9.46. The van der Waals surface area contributed by atoms with Crippen molar-refractivity contribution in [3.8, 4) is 0 Å². The number of H-pyrrole nitrogens is 1. The van der Waals surface area contributed by atoms with Crippen molar-refractivity contribution in [2.75, 3.05) is 6.61 Å². The van der Waals surface area contributed by atoms with Crippen LogP contribution in [0.25, 0.3) is 10.9 Å². The highest BCUT2D eigenvalue weighted by Gasteiger charge is 2.36. The zero-order chi connectivity index (χ0) is 21.6. The van der Waals surface area contributed by atoms with Crippen LogP contribution in [0.1, 0.15) is 39.7 Å². The molecule has 1 aromatic carbocycles. The Hall–Kier alpha value is -2.15. The third-order valence-corrected chi connectivity index (χ3v) is 6.23. The summed E-state index contributed by atoms with van der Waals surface area (Å²) in [6.07, 6.45) is 2.28. The molecule has 160 valence electrons. The van der Waals surface area contributed by atoms with Gasteiger partial charge in [0.2, 0.25) is 11.8 Å². The van der Waals surface area contributed by atoms with Gasteiger partial charge < -0.3 is 25.0 Å². The van der Waals surface area contributed by atoms with Crippen LogP contribution in [0.4, 0.5) is 0 Å². The highest BCUT2D eigenvalue weighted by molar-refractivity contribution is 7.53. The van der Waals surface area contributed by atoms with E-state index in [9.17, 15) is 19.0 Å². The Morgan fingerprint density at radius 1 is 1.24 bits per heavy atom. The van der Waals surface area contributed by atoms with Crippen LogP contribution in [0.3, 0.4) is 0 Å². The van der Waals surface area contributed by atoms with Gasteiger partial charge in [-0.25, -0.2) is 0 Å². The van der Waals surface area contributed by atoms with Crippen LogP contribution in [0.5, 0.6) is 0 Å². The number of para-hydroxylation sites is 1. The van der Waals surface area contributed by atoms with Gasteiger partial charge in [0.15, 0.2) is 0 Å². The fourth-order valence-corrected chi connectivity index (χ4v) is 4.51. The van der Waals surface area contributed by atoms with E-state index in [1.807, 2.05) is 38.1 Å². The maximum absolute atomic E-state index is 12.8. The lowest BCUT2D eigenvalue weighted by atomic mass is 10.0. The molecule has 9 heteroatoms. The van der Waals surface area contributed by atoms with Crippen molar-refractivity contribution in [1.82, 2.24) is 15.6 Å². The first kappa shape index (κ1) is 23.1. The average Bonchev–Trinajstić information content (AvgIpc) is 3.03. The van der Waals surface area contributed by atoms with Crippen LogP contribution in [-0.4, -0.2) is 40.1 Å². The molecule has 0 saturated heterocycles. The third-order valence-electron chi connectivity index (χ3n) is 4.51. The van der Waals surface area contributed by atoms with Crippen LogP contribution in [0.2, 0.25) is 0 Å². The number of nitrogens with one attached hydrogen (secondary N) is 3. The van der Waals surface area contributed by atoms with E-state index in [0.717, 1.165) is 16.5 Å². The van der Waals surface area contributed by atoms with Crippen molar-refractivity contribution in [1.29, 1.82) is 0 Å². The quantitative estimate of drug-likeness (QED) is 0.438. The molecule has 0 saturated carbocycles. The molecule has 0 aliphatic rings. The van der Waals surface area contributed by atoms with E-state index in [1.165, 1.54) is 6.92 Å². The van der Waals surface area contributed by atoms with Crippen LogP contribution in [0.15, 0.2) is 30.5 Å². The molecule has 2 aromatic rings. The maximum atomic E-state index is 12.8. The molecule has 1 aromatic heterocycles. The summed E-state index contributed by atoms with van der Waals surface area (Å²) >= 11 is 0. The highest BCUT2D eigenvalue weighted by Crippen LogP contribution is 2.47. The molecule has 2 rings (SSSR count). The topological polar surface area (TPSA) is 121 Å². The smallest absolute Gasteiger partial charge is 0.350 e. The van der Waals surface area contributed by atoms with E-state index >= 15 is 0 Å². The van der Waals surface area contributed by atoms with Crippen molar-refractivity contribution in [3.05, 3.63) is 36.0 Å². The molecular weight excluding hydrogens is 393 g/mol. The Bertz CT molecular complexity index is 895. The standard InChI is InChI=1S/C20H30N3O5P/c1-5-28-29(26,27)19(11-15-12-21-17-9-7-6-8-16(15)17)23-20(25)18(10-13(2)3)22-14(4)24/h6-9,12-13,18-19,21H,5,10-11H2,1-4H3,(H,22,24)(H,23,25)(H,26,27). The average molecular weight is 423 g/mol. The maximum Gasteiger partial charge on any atom is 0.350 e. The minimum absolute atomic E-state index is 0.0369. The van der Waals surface area contributed by atoms with Crippen LogP contribution < -0.4 is 10.6 Å². The minimum atomic E-state index is -4.14. The molecule has 0 aliphatic carbocycles. The zero-order valence-electron chi connectivity index (χ0n) is 17.3. The molecule has 8 nitrogen and oxygen atoms in total. The van der Waals surface area contributed by atoms with Crippen LogP contribution in [0, 0.1) is 5.92 Å². The molecule has 3 atom stereocenters. The number of benzene rings is 1. The van der Waals surface area contributed by atoms with Crippen LogP contribution >= 0.6 is 7.60 Å². The largest absolute Gasteiger partial charge is 0.361 e. The molecule has 29 heavy (non-hydrogen) atoms. The fourth-order valence-electron chi connectivity index (χ4n) is 3.24. The number of hydrogen-bond donors (Lipinski definition) is 4. The van der Waals surface area contributed by atoms with Crippen LogP contribution in [-0.2, 0) is 25.1 Å². The SMILES string of the molecule is CCOP(=O)(O)C(Cc1c[nH]c2ccccc12)NC(=O)C(CC(C)C)NC(C)=O. The number of hydrogen-bond acceptors (Lipinski definition) is 4. The van der Waals surface area contributed by atoms with Gasteiger partial charge in [0.25, 0.3) is 0 Å². The summed E-state index contributed by atoms with van der Waals surface area (Å²) in [7, 11) is -4.14. The van der Waals surface area contributed by atoms with Gasteiger partial charge in [-0.3, -0.25) is 14.2 Å². The number of amides is 2. The van der Waals surface area contributed by atoms with Gasteiger partial charge >= 0.3 is 7.60 Å². The van der Waals surface area contributed by atoms with Crippen molar-refractivity contribution >= 4 is 30.3 Å². The fraction of sp³-hybridized carbons (Fsp3) is 0.500. The van der Waals surface area contributed by atoms with Crippen molar-refractivity contribution in [2.45, 2.75) is 52.4 Å². The molecule has 1 heterocycles. The molecule has 0 fully saturated rings. The first-order chi connectivity index (χ1) is 13.6. The summed E-state index contributed by atoms with van der Waals surface area (Å²) < 4.78 is 17.9. The van der Waals surface area contributed by atoms with Gasteiger partial charge in [-0.15, -0.1) is 0 Å². The Morgan fingerprint density at radius 3 is 2.55 bits per heavy atom. The Balaban J connectivity index is 2.29. The zero-order valence-corrected chi connectivity index (χ0v) is 18.2. The van der Waals surface area contributed by atoms with E-state index in [0.29, 0.717) is 6.42 Å². The van der Waals surface area contributed by atoms with Gasteiger partial charge in [-0.2, -0.15) is 0 Å². The van der Waals surface area contributed by atoms with Gasteiger partial charge in [0.1, 0.15) is 11.8 Å². The lowest BCUT2D eigenvalue weighted by Gasteiger charge is -2.26. The molecule has 0 aliphatic heterocycles. The van der Waals surface area contributed by atoms with Crippen molar-refractivity contribution in [2.24, 2.45) is 5.92 Å². The summed E-state index contributed by atoms with van der Waals surface area (Å²) in [6.45, 7) is 6.86. The number of aromatic nitrogens is 1. The van der Waals surface area contributed by atoms with Gasteiger partial charge in [0, 0.05) is 30.4 Å². The number of aromatic amines is 1. The molecule has 3 unspecified atom stereocenters. The third kappa shape index (κ3) is 6.42. The molecule has 2 amide bonds. The molecule has 0 spiro atoms. The van der Waals surface area contributed by atoms with Crippen molar-refractivity contribution < 1.29 is 23.6 Å². The summed E-state index contributed by atoms with van der Waals surface area (Å²) in [5.41, 5.74) is 1.69. The number of carbonyl (C=O) groups excluding carboxylic acids is 2. The first-order valence-corrected chi connectivity index (χ1v) is 11.4. The monoisotopic (exact) mass is 423 g/mol. The summed E-state index contributed by atoms with van der Waals surface area (Å²) in [6, 6.07) is 6.79. The predicted octanol–water partition coefficient (Wildman–Crippen LogP) is 2.93. The predicted molar refractivity (Wildman–Crippen MR) is 112 cm³/mol. The Kier molecular flexibility index (Phi) is 8.02.